The van der Waals surface area contributed by atoms with Crippen LogP contribution >= 0.6 is 0 Å². The van der Waals surface area contributed by atoms with Gasteiger partial charge in [-0.2, -0.15) is 0 Å². The highest BCUT2D eigenvalue weighted by Crippen LogP contribution is 2.24. The molecule has 1 aromatic heterocycles. The van der Waals surface area contributed by atoms with Gasteiger partial charge in [-0.3, -0.25) is 0 Å². The van der Waals surface area contributed by atoms with Crippen molar-refractivity contribution in [3.05, 3.63) is 48.2 Å². The number of carboxylic acids is 1. The molecule has 0 atom stereocenters. The number of nitrogens with zero attached hydrogens (tertiary/aromatic N) is 1. The molecule has 0 saturated carbocycles. The number of aryl methyl sites for hydroxylation is 1. The van der Waals surface area contributed by atoms with Crippen LogP contribution in [0.2, 0.25) is 0 Å². The molecule has 3 heteroatoms. The van der Waals surface area contributed by atoms with Gasteiger partial charge in [0.05, 0.1) is 11.3 Å². The van der Waals surface area contributed by atoms with E-state index in [-0.39, 0.29) is 0 Å². The largest absolute Gasteiger partial charge is 0.478 e. The molecule has 2 aromatic rings. The Balaban J connectivity index is 2.62. The van der Waals surface area contributed by atoms with Crippen LogP contribution in [-0.2, 0) is 6.54 Å². The van der Waals surface area contributed by atoms with E-state index in [1.807, 2.05) is 48.0 Å². The zero-order valence-corrected chi connectivity index (χ0v) is 9.05. The fraction of sp³-hybridized carbons (Fsp3) is 0.154. The molecule has 2 rings (SSSR count). The first kappa shape index (κ1) is 10.5. The molecule has 16 heavy (non-hydrogen) atoms. The molecule has 1 N–H and O–H groups in total. The molecule has 3 nitrogen and oxygen atoms in total. The van der Waals surface area contributed by atoms with E-state index in [1.165, 1.54) is 0 Å². The standard InChI is InChI=1S/C13H13NO2/c1-2-14-9-8-11(13(15)16)12(14)10-6-4-3-5-7-10/h3-9H,2H2,1H3,(H,15,16). The molecule has 0 unspecified atom stereocenters. The molecule has 1 aromatic carbocycles. The average molecular weight is 215 g/mol. The van der Waals surface area contributed by atoms with E-state index < -0.39 is 5.97 Å². The highest BCUT2D eigenvalue weighted by molar-refractivity contribution is 5.95. The quantitative estimate of drug-likeness (QED) is 0.855. The molecule has 0 bridgehead atoms. The number of benzene rings is 1. The van der Waals surface area contributed by atoms with Gasteiger partial charge < -0.3 is 9.67 Å². The molecule has 1 heterocycles. The third-order valence-corrected chi connectivity index (χ3v) is 2.58. The lowest BCUT2D eigenvalue weighted by atomic mass is 10.1. The summed E-state index contributed by atoms with van der Waals surface area (Å²) in [6.07, 6.45) is 1.81. The van der Waals surface area contributed by atoms with Crippen molar-refractivity contribution in [3.8, 4) is 11.3 Å². The summed E-state index contributed by atoms with van der Waals surface area (Å²) in [6, 6.07) is 11.2. The minimum absolute atomic E-state index is 0.355. The van der Waals surface area contributed by atoms with Crippen LogP contribution in [0.1, 0.15) is 17.3 Å². The first-order chi connectivity index (χ1) is 7.74. The average Bonchev–Trinajstić information content (AvgIpc) is 2.73. The lowest BCUT2D eigenvalue weighted by molar-refractivity contribution is 0.0698. The number of carbonyl (C=O) groups is 1. The van der Waals surface area contributed by atoms with Gasteiger partial charge in [-0.15, -0.1) is 0 Å². The number of hydrogen-bond donors (Lipinski definition) is 1. The summed E-state index contributed by atoms with van der Waals surface area (Å²) in [6.45, 7) is 2.76. The van der Waals surface area contributed by atoms with Crippen molar-refractivity contribution in [2.24, 2.45) is 0 Å². The zero-order chi connectivity index (χ0) is 11.5. The number of carboxylic acid groups (broad SMARTS) is 1. The minimum atomic E-state index is -0.883. The summed E-state index contributed by atoms with van der Waals surface area (Å²) < 4.78 is 1.94. The summed E-state index contributed by atoms with van der Waals surface area (Å²) in [5.41, 5.74) is 2.07. The summed E-state index contributed by atoms with van der Waals surface area (Å²) in [5, 5.41) is 9.12. The van der Waals surface area contributed by atoms with Gasteiger partial charge in [0.2, 0.25) is 0 Å². The van der Waals surface area contributed by atoms with Crippen molar-refractivity contribution in [2.45, 2.75) is 13.5 Å². The van der Waals surface area contributed by atoms with E-state index in [2.05, 4.69) is 0 Å². The number of aromatic carboxylic acids is 1. The molecule has 0 amide bonds. The normalized spacial score (nSPS) is 10.3. The Morgan fingerprint density at radius 2 is 1.94 bits per heavy atom. The van der Waals surface area contributed by atoms with E-state index >= 15 is 0 Å². The molecular weight excluding hydrogens is 202 g/mol. The van der Waals surface area contributed by atoms with Crippen LogP contribution in [0.4, 0.5) is 0 Å². The Bertz CT molecular complexity index is 500. The number of hydrogen-bond acceptors (Lipinski definition) is 1. The van der Waals surface area contributed by atoms with Gasteiger partial charge in [0.1, 0.15) is 0 Å². The van der Waals surface area contributed by atoms with E-state index in [9.17, 15) is 4.79 Å². The van der Waals surface area contributed by atoms with Crippen LogP contribution in [0.25, 0.3) is 11.3 Å². The highest BCUT2D eigenvalue weighted by Gasteiger charge is 2.15. The molecule has 0 radical (unpaired) electrons. The highest BCUT2D eigenvalue weighted by atomic mass is 16.4. The number of rotatable bonds is 3. The van der Waals surface area contributed by atoms with Gasteiger partial charge in [0, 0.05) is 12.7 Å². The lowest BCUT2D eigenvalue weighted by Gasteiger charge is -2.07. The van der Waals surface area contributed by atoms with Crippen LogP contribution in [0.5, 0.6) is 0 Å². The topological polar surface area (TPSA) is 42.2 Å². The van der Waals surface area contributed by atoms with E-state index in [1.54, 1.807) is 6.07 Å². The van der Waals surface area contributed by atoms with Crippen molar-refractivity contribution in [3.63, 3.8) is 0 Å². The van der Waals surface area contributed by atoms with Crippen LogP contribution in [0.3, 0.4) is 0 Å². The van der Waals surface area contributed by atoms with Crippen molar-refractivity contribution in [1.82, 2.24) is 4.57 Å². The van der Waals surface area contributed by atoms with Crippen LogP contribution in [0.15, 0.2) is 42.6 Å². The fourth-order valence-electron chi connectivity index (χ4n) is 1.83. The molecule has 82 valence electrons. The molecule has 0 spiro atoms. The SMILES string of the molecule is CCn1ccc(C(=O)O)c1-c1ccccc1. The summed E-state index contributed by atoms with van der Waals surface area (Å²) >= 11 is 0. The number of aromatic nitrogens is 1. The second-order valence-corrected chi connectivity index (χ2v) is 3.54. The van der Waals surface area contributed by atoms with Crippen molar-refractivity contribution in [1.29, 1.82) is 0 Å². The van der Waals surface area contributed by atoms with E-state index in [0.717, 1.165) is 17.8 Å². The van der Waals surface area contributed by atoms with Gasteiger partial charge in [-0.25, -0.2) is 4.79 Å². The Morgan fingerprint density at radius 3 is 2.50 bits per heavy atom. The summed E-state index contributed by atoms with van der Waals surface area (Å²) in [5.74, 6) is -0.883. The van der Waals surface area contributed by atoms with Gasteiger partial charge in [-0.1, -0.05) is 30.3 Å². The zero-order valence-electron chi connectivity index (χ0n) is 9.05. The van der Waals surface area contributed by atoms with Crippen molar-refractivity contribution in [2.75, 3.05) is 0 Å². The lowest BCUT2D eigenvalue weighted by Crippen LogP contribution is -2.01. The van der Waals surface area contributed by atoms with Gasteiger partial charge in [0.15, 0.2) is 0 Å². The smallest absolute Gasteiger partial charge is 0.337 e. The molecule has 0 saturated heterocycles. The maximum absolute atomic E-state index is 11.1. The maximum Gasteiger partial charge on any atom is 0.337 e. The Morgan fingerprint density at radius 1 is 1.25 bits per heavy atom. The van der Waals surface area contributed by atoms with Gasteiger partial charge >= 0.3 is 5.97 Å². The monoisotopic (exact) mass is 215 g/mol. The minimum Gasteiger partial charge on any atom is -0.478 e. The van der Waals surface area contributed by atoms with E-state index in [4.69, 9.17) is 5.11 Å². The van der Waals surface area contributed by atoms with Crippen LogP contribution in [0, 0.1) is 0 Å². The third-order valence-electron chi connectivity index (χ3n) is 2.58. The summed E-state index contributed by atoms with van der Waals surface area (Å²) in [7, 11) is 0. The fourth-order valence-corrected chi connectivity index (χ4v) is 1.83. The molecule has 0 aliphatic rings. The Hall–Kier alpha value is -2.03. The van der Waals surface area contributed by atoms with Crippen LogP contribution < -0.4 is 0 Å². The molecular formula is C13H13NO2. The van der Waals surface area contributed by atoms with Crippen molar-refractivity contribution >= 4 is 5.97 Å². The second-order valence-electron chi connectivity index (χ2n) is 3.54. The first-order valence-corrected chi connectivity index (χ1v) is 5.22. The second kappa shape index (κ2) is 4.23. The molecule has 0 aliphatic carbocycles. The van der Waals surface area contributed by atoms with Gasteiger partial charge in [0.25, 0.3) is 0 Å². The third kappa shape index (κ3) is 1.72. The Labute approximate surface area is 94.0 Å². The van der Waals surface area contributed by atoms with Gasteiger partial charge in [-0.05, 0) is 18.6 Å². The van der Waals surface area contributed by atoms with E-state index in [0.29, 0.717) is 5.56 Å². The van der Waals surface area contributed by atoms with Crippen molar-refractivity contribution < 1.29 is 9.90 Å². The first-order valence-electron chi connectivity index (χ1n) is 5.22. The van der Waals surface area contributed by atoms with Crippen LogP contribution in [-0.4, -0.2) is 15.6 Å². The maximum atomic E-state index is 11.1. The predicted octanol–water partition coefficient (Wildman–Crippen LogP) is 2.87. The predicted molar refractivity (Wildman–Crippen MR) is 62.5 cm³/mol. The molecule has 0 aliphatic heterocycles. The summed E-state index contributed by atoms with van der Waals surface area (Å²) in [4.78, 5) is 11.1. The Kier molecular flexibility index (Phi) is 2.77. The molecule has 0 fully saturated rings.